The molecule has 2 heterocycles. The minimum absolute atomic E-state index is 0.483. The summed E-state index contributed by atoms with van der Waals surface area (Å²) < 4.78 is 3.78. The van der Waals surface area contributed by atoms with Gasteiger partial charge in [0, 0.05) is 18.9 Å². The predicted octanol–water partition coefficient (Wildman–Crippen LogP) is 0.914. The number of nitrogens with zero attached hydrogens (tertiary/aromatic N) is 5. The van der Waals surface area contributed by atoms with Crippen molar-refractivity contribution in [1.82, 2.24) is 24.5 Å². The molecule has 5 nitrogen and oxygen atoms in total. The first-order chi connectivity index (χ1) is 6.90. The van der Waals surface area contributed by atoms with E-state index in [1.807, 2.05) is 10.8 Å². The van der Waals surface area contributed by atoms with Gasteiger partial charge in [0.15, 0.2) is 0 Å². The molecule has 0 spiro atoms. The van der Waals surface area contributed by atoms with E-state index < -0.39 is 0 Å². The molecule has 0 fully saturated rings. The summed E-state index contributed by atoms with van der Waals surface area (Å²) in [5.74, 6) is 0.483. The molecule has 0 N–H and O–H groups in total. The van der Waals surface area contributed by atoms with Crippen molar-refractivity contribution in [1.29, 1.82) is 0 Å². The average Bonchev–Trinajstić information content (AvgIpc) is 2.85. The van der Waals surface area contributed by atoms with Gasteiger partial charge >= 0.3 is 0 Å². The topological polar surface area (TPSA) is 48.5 Å². The Morgan fingerprint density at radius 2 is 2.29 bits per heavy atom. The van der Waals surface area contributed by atoms with Gasteiger partial charge in [-0.2, -0.15) is 0 Å². The standard InChI is InChI=1S/C8H10ClN5/c9-5-8-6-10-7-13(8)3-4-14-2-1-11-12-14/h1-2,6-7H,3-5H2. The molecule has 0 saturated heterocycles. The number of imidazole rings is 1. The molecule has 0 atom stereocenters. The van der Waals surface area contributed by atoms with Gasteiger partial charge in [0.25, 0.3) is 0 Å². The predicted molar refractivity (Wildman–Crippen MR) is 51.8 cm³/mol. The number of aromatic nitrogens is 5. The Bertz CT molecular complexity index is 380. The minimum Gasteiger partial charge on any atom is -0.332 e. The van der Waals surface area contributed by atoms with Crippen LogP contribution in [0, 0.1) is 0 Å². The molecule has 74 valence electrons. The lowest BCUT2D eigenvalue weighted by molar-refractivity contribution is 0.513. The SMILES string of the molecule is ClCc1cncn1CCn1ccnn1. The third kappa shape index (κ3) is 1.93. The zero-order chi connectivity index (χ0) is 9.80. The quantitative estimate of drug-likeness (QED) is 0.707. The lowest BCUT2D eigenvalue weighted by atomic mass is 10.5. The Morgan fingerprint density at radius 3 is 3.00 bits per heavy atom. The van der Waals surface area contributed by atoms with Gasteiger partial charge in [0.1, 0.15) is 0 Å². The van der Waals surface area contributed by atoms with Crippen LogP contribution in [0.3, 0.4) is 0 Å². The Kier molecular flexibility index (Phi) is 2.78. The van der Waals surface area contributed by atoms with Crippen molar-refractivity contribution in [3.63, 3.8) is 0 Å². The van der Waals surface area contributed by atoms with E-state index in [4.69, 9.17) is 11.6 Å². The highest BCUT2D eigenvalue weighted by Crippen LogP contribution is 2.03. The Morgan fingerprint density at radius 1 is 1.36 bits per heavy atom. The monoisotopic (exact) mass is 211 g/mol. The van der Waals surface area contributed by atoms with Crippen LogP contribution < -0.4 is 0 Å². The van der Waals surface area contributed by atoms with Gasteiger partial charge in [-0.05, 0) is 0 Å². The highest BCUT2D eigenvalue weighted by atomic mass is 35.5. The fraction of sp³-hybridized carbons (Fsp3) is 0.375. The van der Waals surface area contributed by atoms with Gasteiger partial charge in [0.2, 0.25) is 0 Å². The van der Waals surface area contributed by atoms with E-state index in [0.717, 1.165) is 18.8 Å². The molecule has 0 saturated carbocycles. The van der Waals surface area contributed by atoms with E-state index in [9.17, 15) is 0 Å². The molecule has 0 bridgehead atoms. The molecule has 0 radical (unpaired) electrons. The Balaban J connectivity index is 1.98. The van der Waals surface area contributed by atoms with Gasteiger partial charge in [-0.3, -0.25) is 4.68 Å². The second-order valence-corrected chi connectivity index (χ2v) is 3.15. The molecule has 0 aliphatic heterocycles. The van der Waals surface area contributed by atoms with Crippen molar-refractivity contribution in [2.75, 3.05) is 0 Å². The summed E-state index contributed by atoms with van der Waals surface area (Å²) in [5, 5.41) is 7.60. The molecule has 0 aliphatic rings. The van der Waals surface area contributed by atoms with E-state index in [1.165, 1.54) is 0 Å². The van der Waals surface area contributed by atoms with Crippen LogP contribution in [0.5, 0.6) is 0 Å². The molecular formula is C8H10ClN5. The van der Waals surface area contributed by atoms with Gasteiger partial charge in [0.05, 0.1) is 30.6 Å². The van der Waals surface area contributed by atoms with Crippen LogP contribution in [0.1, 0.15) is 5.69 Å². The van der Waals surface area contributed by atoms with Crippen molar-refractivity contribution in [2.45, 2.75) is 19.0 Å². The Hall–Kier alpha value is -1.36. The van der Waals surface area contributed by atoms with Crippen LogP contribution >= 0.6 is 11.6 Å². The van der Waals surface area contributed by atoms with Crippen LogP contribution in [-0.4, -0.2) is 24.5 Å². The summed E-state index contributed by atoms with van der Waals surface area (Å²) in [7, 11) is 0. The van der Waals surface area contributed by atoms with Crippen LogP contribution in [-0.2, 0) is 19.0 Å². The lowest BCUT2D eigenvalue weighted by Gasteiger charge is -2.04. The molecule has 0 aromatic carbocycles. The molecule has 2 aromatic rings. The molecule has 0 amide bonds. The van der Waals surface area contributed by atoms with E-state index in [0.29, 0.717) is 5.88 Å². The summed E-state index contributed by atoms with van der Waals surface area (Å²) in [6, 6.07) is 0. The molecule has 6 heteroatoms. The maximum Gasteiger partial charge on any atom is 0.0949 e. The van der Waals surface area contributed by atoms with Crippen LogP contribution in [0.2, 0.25) is 0 Å². The first-order valence-electron chi connectivity index (χ1n) is 4.29. The zero-order valence-electron chi connectivity index (χ0n) is 7.54. The average molecular weight is 212 g/mol. The summed E-state index contributed by atoms with van der Waals surface area (Å²) in [4.78, 5) is 4.03. The number of rotatable bonds is 4. The largest absolute Gasteiger partial charge is 0.332 e. The van der Waals surface area contributed by atoms with Crippen molar-refractivity contribution < 1.29 is 0 Å². The molecule has 2 rings (SSSR count). The van der Waals surface area contributed by atoms with Gasteiger partial charge < -0.3 is 4.57 Å². The smallest absolute Gasteiger partial charge is 0.0949 e. The fourth-order valence-electron chi connectivity index (χ4n) is 1.22. The first kappa shape index (κ1) is 9.21. The zero-order valence-corrected chi connectivity index (χ0v) is 8.30. The number of hydrogen-bond donors (Lipinski definition) is 0. The van der Waals surface area contributed by atoms with Crippen LogP contribution in [0.4, 0.5) is 0 Å². The van der Waals surface area contributed by atoms with Crippen molar-refractivity contribution in [3.05, 3.63) is 30.6 Å². The third-order valence-corrected chi connectivity index (χ3v) is 2.25. The van der Waals surface area contributed by atoms with E-state index in [2.05, 4.69) is 15.3 Å². The van der Waals surface area contributed by atoms with E-state index >= 15 is 0 Å². The second-order valence-electron chi connectivity index (χ2n) is 2.88. The number of alkyl halides is 1. The Labute approximate surface area is 86.3 Å². The first-order valence-corrected chi connectivity index (χ1v) is 4.82. The highest BCUT2D eigenvalue weighted by molar-refractivity contribution is 6.16. The molecule has 2 aromatic heterocycles. The molecule has 14 heavy (non-hydrogen) atoms. The van der Waals surface area contributed by atoms with Crippen molar-refractivity contribution in [2.24, 2.45) is 0 Å². The number of hydrogen-bond acceptors (Lipinski definition) is 3. The number of halogens is 1. The van der Waals surface area contributed by atoms with Gasteiger partial charge in [-0.1, -0.05) is 5.21 Å². The third-order valence-electron chi connectivity index (χ3n) is 1.98. The van der Waals surface area contributed by atoms with Gasteiger partial charge in [-0.25, -0.2) is 4.98 Å². The maximum absolute atomic E-state index is 5.74. The number of aryl methyl sites for hydroxylation is 2. The normalized spacial score (nSPS) is 10.6. The van der Waals surface area contributed by atoms with E-state index in [1.54, 1.807) is 23.4 Å². The second kappa shape index (κ2) is 4.23. The molecule has 0 aliphatic carbocycles. The molecular weight excluding hydrogens is 202 g/mol. The molecule has 0 unspecified atom stereocenters. The van der Waals surface area contributed by atoms with Crippen molar-refractivity contribution >= 4 is 11.6 Å². The maximum atomic E-state index is 5.74. The highest BCUT2D eigenvalue weighted by Gasteiger charge is 2.00. The lowest BCUT2D eigenvalue weighted by Crippen LogP contribution is -2.09. The van der Waals surface area contributed by atoms with Crippen LogP contribution in [0.15, 0.2) is 24.9 Å². The van der Waals surface area contributed by atoms with Gasteiger partial charge in [-0.15, -0.1) is 16.7 Å². The van der Waals surface area contributed by atoms with Crippen molar-refractivity contribution in [3.8, 4) is 0 Å². The van der Waals surface area contributed by atoms with E-state index in [-0.39, 0.29) is 0 Å². The fourth-order valence-corrected chi connectivity index (χ4v) is 1.45. The van der Waals surface area contributed by atoms with Crippen LogP contribution in [0.25, 0.3) is 0 Å². The minimum atomic E-state index is 0.483. The summed E-state index contributed by atoms with van der Waals surface area (Å²) in [6.07, 6.45) is 7.04. The summed E-state index contributed by atoms with van der Waals surface area (Å²) in [6.45, 7) is 1.59. The summed E-state index contributed by atoms with van der Waals surface area (Å²) >= 11 is 5.74. The summed E-state index contributed by atoms with van der Waals surface area (Å²) in [5.41, 5.74) is 1.02.